The Hall–Kier alpha value is -3.86. The van der Waals surface area contributed by atoms with Crippen molar-refractivity contribution < 1.29 is 19.1 Å². The minimum absolute atomic E-state index is 0.0697. The van der Waals surface area contributed by atoms with Crippen molar-refractivity contribution >= 4 is 23.5 Å². The van der Waals surface area contributed by atoms with Crippen molar-refractivity contribution in [3.63, 3.8) is 0 Å². The molecule has 3 rings (SSSR count). The number of ether oxygens (including phenoxy) is 2. The molecular weight excluding hydrogens is 402 g/mol. The van der Waals surface area contributed by atoms with Gasteiger partial charge in [-0.1, -0.05) is 53.6 Å². The number of carbonyl (C=O) groups excluding carboxylic acids is 2. The van der Waals surface area contributed by atoms with E-state index in [0.29, 0.717) is 29.4 Å². The largest absolute Gasteiger partial charge is 0.490 e. The maximum Gasteiger partial charge on any atom is 0.262 e. The predicted octanol–water partition coefficient (Wildman–Crippen LogP) is 5.62. The number of carbonyl (C=O) groups is 2. The van der Waals surface area contributed by atoms with Gasteiger partial charge in [-0.3, -0.25) is 9.59 Å². The Balaban J connectivity index is 1.65. The van der Waals surface area contributed by atoms with E-state index in [1.54, 1.807) is 24.3 Å². The summed E-state index contributed by atoms with van der Waals surface area (Å²) in [7, 11) is 0. The Morgan fingerprint density at radius 1 is 0.875 bits per heavy atom. The molecule has 0 radical (unpaired) electrons. The van der Waals surface area contributed by atoms with Crippen molar-refractivity contribution in [3.05, 3.63) is 95.1 Å². The second kappa shape index (κ2) is 11.0. The fourth-order valence-electron chi connectivity index (χ4n) is 3.06. The molecule has 0 fully saturated rings. The summed E-state index contributed by atoms with van der Waals surface area (Å²) in [4.78, 5) is 24.6. The van der Waals surface area contributed by atoms with Crippen LogP contribution in [-0.4, -0.2) is 24.9 Å². The van der Waals surface area contributed by atoms with E-state index in [4.69, 9.17) is 9.47 Å². The fourth-order valence-corrected chi connectivity index (χ4v) is 3.06. The monoisotopic (exact) mass is 429 g/mol. The maximum atomic E-state index is 12.4. The van der Waals surface area contributed by atoms with Gasteiger partial charge in [0.05, 0.1) is 6.61 Å². The SMILES string of the molecule is CCOc1cc(/C=C/C(=O)c2cccc(C)c2)ccc1OCC(=O)Nc1ccc(C)cc1. The van der Waals surface area contributed by atoms with Crippen molar-refractivity contribution in [2.45, 2.75) is 20.8 Å². The van der Waals surface area contributed by atoms with Crippen LogP contribution in [-0.2, 0) is 4.79 Å². The third-order valence-electron chi connectivity index (χ3n) is 4.69. The molecule has 1 N–H and O–H groups in total. The molecule has 3 aromatic rings. The van der Waals surface area contributed by atoms with Crippen LogP contribution in [0.4, 0.5) is 5.69 Å². The van der Waals surface area contributed by atoms with Gasteiger partial charge in [0.25, 0.3) is 5.91 Å². The zero-order valence-electron chi connectivity index (χ0n) is 18.6. The second-order valence-corrected chi connectivity index (χ2v) is 7.41. The normalized spacial score (nSPS) is 10.7. The topological polar surface area (TPSA) is 64.6 Å². The molecule has 0 spiro atoms. The highest BCUT2D eigenvalue weighted by Gasteiger charge is 2.10. The highest BCUT2D eigenvalue weighted by atomic mass is 16.5. The third-order valence-corrected chi connectivity index (χ3v) is 4.69. The molecule has 3 aromatic carbocycles. The van der Waals surface area contributed by atoms with Crippen molar-refractivity contribution in [1.82, 2.24) is 0 Å². The average Bonchev–Trinajstić information content (AvgIpc) is 2.78. The number of hydrogen-bond acceptors (Lipinski definition) is 4. The van der Waals surface area contributed by atoms with Crippen molar-refractivity contribution in [2.75, 3.05) is 18.5 Å². The summed E-state index contributed by atoms with van der Waals surface area (Å²) in [5.74, 6) is 0.651. The molecule has 0 atom stereocenters. The van der Waals surface area contributed by atoms with Crippen LogP contribution in [0.3, 0.4) is 0 Å². The number of benzene rings is 3. The zero-order chi connectivity index (χ0) is 22.9. The van der Waals surface area contributed by atoms with Crippen molar-refractivity contribution in [1.29, 1.82) is 0 Å². The summed E-state index contributed by atoms with van der Waals surface area (Å²) in [6.07, 6.45) is 3.27. The van der Waals surface area contributed by atoms with Gasteiger partial charge in [-0.2, -0.15) is 0 Å². The lowest BCUT2D eigenvalue weighted by Crippen LogP contribution is -2.20. The standard InChI is InChI=1S/C27H27NO4/c1-4-31-26-17-21(10-14-24(29)22-7-5-6-20(3)16-22)11-15-25(26)32-18-27(30)28-23-12-8-19(2)9-13-23/h5-17H,4,18H2,1-3H3,(H,28,30)/b14-10+. The zero-order valence-corrected chi connectivity index (χ0v) is 18.6. The van der Waals surface area contributed by atoms with Crippen LogP contribution >= 0.6 is 0 Å². The van der Waals surface area contributed by atoms with Gasteiger partial charge in [0.15, 0.2) is 23.9 Å². The van der Waals surface area contributed by atoms with Gasteiger partial charge in [-0.15, -0.1) is 0 Å². The molecule has 5 nitrogen and oxygen atoms in total. The van der Waals surface area contributed by atoms with Gasteiger partial charge >= 0.3 is 0 Å². The number of allylic oxidation sites excluding steroid dienone is 1. The van der Waals surface area contributed by atoms with E-state index < -0.39 is 0 Å². The van der Waals surface area contributed by atoms with Crippen molar-refractivity contribution in [3.8, 4) is 11.5 Å². The second-order valence-electron chi connectivity index (χ2n) is 7.41. The third kappa shape index (κ3) is 6.57. The number of nitrogens with one attached hydrogen (secondary N) is 1. The van der Waals surface area contributed by atoms with E-state index in [9.17, 15) is 9.59 Å². The Bertz CT molecular complexity index is 1120. The fraction of sp³-hybridized carbons (Fsp3) is 0.185. The van der Waals surface area contributed by atoms with Crippen molar-refractivity contribution in [2.24, 2.45) is 0 Å². The number of anilines is 1. The molecule has 0 aromatic heterocycles. The first-order chi connectivity index (χ1) is 15.4. The molecule has 0 bridgehead atoms. The van der Waals surface area contributed by atoms with Gasteiger partial charge in [-0.25, -0.2) is 0 Å². The number of hydrogen-bond donors (Lipinski definition) is 1. The van der Waals surface area contributed by atoms with E-state index >= 15 is 0 Å². The Labute approximate surface area is 188 Å². The van der Waals surface area contributed by atoms with E-state index in [-0.39, 0.29) is 18.3 Å². The van der Waals surface area contributed by atoms with Gasteiger partial charge in [0.1, 0.15) is 0 Å². The summed E-state index contributed by atoms with van der Waals surface area (Å²) >= 11 is 0. The molecular formula is C27H27NO4. The molecule has 0 aliphatic rings. The van der Waals surface area contributed by atoms with Crippen LogP contribution in [0.15, 0.2) is 72.8 Å². The molecule has 0 unspecified atom stereocenters. The van der Waals surface area contributed by atoms with Gasteiger partial charge in [-0.05, 0) is 62.7 Å². The molecule has 32 heavy (non-hydrogen) atoms. The van der Waals surface area contributed by atoms with E-state index in [1.165, 1.54) is 6.08 Å². The molecule has 0 aliphatic heterocycles. The highest BCUT2D eigenvalue weighted by molar-refractivity contribution is 6.06. The highest BCUT2D eigenvalue weighted by Crippen LogP contribution is 2.29. The van der Waals surface area contributed by atoms with Crippen LogP contribution in [0.5, 0.6) is 11.5 Å². The smallest absolute Gasteiger partial charge is 0.262 e. The minimum Gasteiger partial charge on any atom is -0.490 e. The van der Waals surface area contributed by atoms with E-state index in [0.717, 1.165) is 16.7 Å². The lowest BCUT2D eigenvalue weighted by Gasteiger charge is -2.13. The number of aryl methyl sites for hydroxylation is 2. The molecule has 164 valence electrons. The quantitative estimate of drug-likeness (QED) is 0.354. The first-order valence-corrected chi connectivity index (χ1v) is 10.5. The van der Waals surface area contributed by atoms with Crippen LogP contribution in [0, 0.1) is 13.8 Å². The predicted molar refractivity (Wildman–Crippen MR) is 127 cm³/mol. The maximum absolute atomic E-state index is 12.4. The number of ketones is 1. The van der Waals surface area contributed by atoms with Crippen LogP contribution in [0.1, 0.15) is 34.0 Å². The molecule has 0 saturated carbocycles. The summed E-state index contributed by atoms with van der Waals surface area (Å²) < 4.78 is 11.4. The summed E-state index contributed by atoms with van der Waals surface area (Å²) in [6, 6.07) is 20.4. The Morgan fingerprint density at radius 2 is 1.66 bits per heavy atom. The minimum atomic E-state index is -0.260. The Morgan fingerprint density at radius 3 is 2.38 bits per heavy atom. The summed E-state index contributed by atoms with van der Waals surface area (Å²) in [5.41, 5.74) is 4.32. The molecule has 0 saturated heterocycles. The lowest BCUT2D eigenvalue weighted by atomic mass is 10.1. The van der Waals surface area contributed by atoms with Gasteiger partial charge < -0.3 is 14.8 Å². The number of amides is 1. The van der Waals surface area contributed by atoms with Crippen LogP contribution in [0.25, 0.3) is 6.08 Å². The first-order valence-electron chi connectivity index (χ1n) is 10.5. The van der Waals surface area contributed by atoms with Gasteiger partial charge in [0.2, 0.25) is 0 Å². The molecule has 0 heterocycles. The van der Waals surface area contributed by atoms with Crippen LogP contribution < -0.4 is 14.8 Å². The molecule has 5 heteroatoms. The number of rotatable bonds is 9. The lowest BCUT2D eigenvalue weighted by molar-refractivity contribution is -0.118. The van der Waals surface area contributed by atoms with E-state index in [2.05, 4.69) is 5.32 Å². The van der Waals surface area contributed by atoms with Crippen LogP contribution in [0.2, 0.25) is 0 Å². The summed E-state index contributed by atoms with van der Waals surface area (Å²) in [5, 5.41) is 2.80. The average molecular weight is 430 g/mol. The molecule has 1 amide bonds. The molecule has 0 aliphatic carbocycles. The first kappa shape index (κ1) is 22.8. The van der Waals surface area contributed by atoms with Gasteiger partial charge in [0, 0.05) is 11.3 Å². The van der Waals surface area contributed by atoms with E-state index in [1.807, 2.05) is 69.3 Å². The Kier molecular flexibility index (Phi) is 7.81. The summed E-state index contributed by atoms with van der Waals surface area (Å²) in [6.45, 7) is 6.11.